The fourth-order valence-electron chi connectivity index (χ4n) is 4.09. The van der Waals surface area contributed by atoms with E-state index in [1.807, 2.05) is 10.8 Å². The molecule has 1 aromatic heterocycles. The van der Waals surface area contributed by atoms with Crippen LogP contribution in [0.3, 0.4) is 0 Å². The van der Waals surface area contributed by atoms with Crippen LogP contribution >= 0.6 is 11.8 Å². The number of rotatable bonds is 2. The Morgan fingerprint density at radius 3 is 3.13 bits per heavy atom. The van der Waals surface area contributed by atoms with E-state index in [9.17, 15) is 4.79 Å². The molecule has 0 fully saturated rings. The fraction of sp³-hybridized carbons (Fsp3) is 0.421. The van der Waals surface area contributed by atoms with E-state index in [0.29, 0.717) is 11.8 Å². The first-order valence-electron chi connectivity index (χ1n) is 8.23. The molecular weight excluding hydrogens is 304 g/mol. The summed E-state index contributed by atoms with van der Waals surface area (Å²) in [4.78, 5) is 15.0. The maximum absolute atomic E-state index is 12.5. The highest BCUT2D eigenvalue weighted by Gasteiger charge is 2.35. The van der Waals surface area contributed by atoms with Crippen molar-refractivity contribution in [1.29, 1.82) is 0 Å². The molecular formula is C19H22N2OS. The number of aromatic nitrogens is 1. The van der Waals surface area contributed by atoms with Gasteiger partial charge < -0.3 is 0 Å². The Morgan fingerprint density at radius 1 is 1.43 bits per heavy atom. The van der Waals surface area contributed by atoms with Gasteiger partial charge in [-0.25, -0.2) is 0 Å². The summed E-state index contributed by atoms with van der Waals surface area (Å²) in [5, 5.41) is 0. The van der Waals surface area contributed by atoms with Crippen molar-refractivity contribution in [2.24, 2.45) is 0 Å². The predicted octanol–water partition coefficient (Wildman–Crippen LogP) is 3.17. The third-order valence-corrected chi connectivity index (χ3v) is 5.70. The Hall–Kier alpha value is -1.52. The zero-order chi connectivity index (χ0) is 16.0. The molecule has 0 spiro atoms. The standard InChI is InChI=1S/C19H22N2OS/c1-20-9-5-7-14-15-6-3-4-8-16-19(15)13(10-17(14)20)11-21(16)18(22)12-23-2/h3-4,6-7,11,17H,5,8-10,12H2,1-2H3/t17-/m1/s1. The molecule has 0 amide bonds. The van der Waals surface area contributed by atoms with Crippen molar-refractivity contribution in [3.05, 3.63) is 52.9 Å². The molecule has 0 radical (unpaired) electrons. The highest BCUT2D eigenvalue weighted by Crippen LogP contribution is 2.42. The number of fused-ring (bicyclic) bond motifs is 2. The number of hydrogen-bond acceptors (Lipinski definition) is 3. The van der Waals surface area contributed by atoms with E-state index >= 15 is 0 Å². The average Bonchev–Trinajstić information content (AvgIpc) is 2.75. The summed E-state index contributed by atoms with van der Waals surface area (Å²) in [7, 11) is 2.21. The maximum Gasteiger partial charge on any atom is 0.240 e. The zero-order valence-corrected chi connectivity index (χ0v) is 14.5. The Balaban J connectivity index is 1.88. The number of thioether (sulfide) groups is 1. The summed E-state index contributed by atoms with van der Waals surface area (Å²) < 4.78 is 1.92. The lowest BCUT2D eigenvalue weighted by Gasteiger charge is -2.38. The monoisotopic (exact) mass is 326 g/mol. The van der Waals surface area contributed by atoms with Gasteiger partial charge in [-0.05, 0) is 42.9 Å². The molecule has 3 aliphatic rings. The van der Waals surface area contributed by atoms with Crippen molar-refractivity contribution in [1.82, 2.24) is 9.47 Å². The van der Waals surface area contributed by atoms with Gasteiger partial charge in [0.25, 0.3) is 0 Å². The molecule has 4 heteroatoms. The summed E-state index contributed by atoms with van der Waals surface area (Å²) in [6.45, 7) is 1.12. The molecule has 0 unspecified atom stereocenters. The molecule has 0 saturated heterocycles. The van der Waals surface area contributed by atoms with Gasteiger partial charge in [0.2, 0.25) is 5.91 Å². The minimum Gasteiger partial charge on any atom is -0.299 e. The third-order valence-electron chi connectivity index (χ3n) is 5.16. The smallest absolute Gasteiger partial charge is 0.240 e. The molecule has 4 rings (SSSR count). The number of carbonyl (C=O) groups is 1. The number of carbonyl (C=O) groups excluding carboxylic acids is 1. The lowest BCUT2D eigenvalue weighted by molar-refractivity contribution is 0.0939. The van der Waals surface area contributed by atoms with Gasteiger partial charge in [0, 0.05) is 36.5 Å². The Labute approximate surface area is 141 Å². The molecule has 1 atom stereocenters. The summed E-state index contributed by atoms with van der Waals surface area (Å²) >= 11 is 1.59. The second-order valence-electron chi connectivity index (χ2n) is 6.53. The van der Waals surface area contributed by atoms with Gasteiger partial charge in [-0.15, -0.1) is 0 Å². The molecule has 0 bridgehead atoms. The first kappa shape index (κ1) is 15.0. The molecule has 23 heavy (non-hydrogen) atoms. The van der Waals surface area contributed by atoms with Crippen LogP contribution in [0.2, 0.25) is 0 Å². The zero-order valence-electron chi connectivity index (χ0n) is 13.7. The molecule has 0 N–H and O–H groups in total. The fourth-order valence-corrected chi connectivity index (χ4v) is 4.47. The van der Waals surface area contributed by atoms with Crippen molar-refractivity contribution in [3.63, 3.8) is 0 Å². The minimum atomic E-state index is 0.196. The van der Waals surface area contributed by atoms with Crippen molar-refractivity contribution in [2.45, 2.75) is 25.3 Å². The van der Waals surface area contributed by atoms with Crippen LogP contribution in [0.1, 0.15) is 28.0 Å². The van der Waals surface area contributed by atoms with Crippen molar-refractivity contribution >= 4 is 23.2 Å². The minimum absolute atomic E-state index is 0.196. The molecule has 2 heterocycles. The normalized spacial score (nSPS) is 22.8. The van der Waals surface area contributed by atoms with E-state index in [1.54, 1.807) is 11.8 Å². The van der Waals surface area contributed by atoms with Crippen molar-refractivity contribution in [2.75, 3.05) is 25.6 Å². The van der Waals surface area contributed by atoms with Gasteiger partial charge in [0.15, 0.2) is 0 Å². The van der Waals surface area contributed by atoms with Crippen LogP contribution in [0, 0.1) is 0 Å². The van der Waals surface area contributed by atoms with Crippen LogP contribution in [0.4, 0.5) is 0 Å². The summed E-state index contributed by atoms with van der Waals surface area (Å²) in [5.41, 5.74) is 6.62. The first-order chi connectivity index (χ1) is 11.2. The van der Waals surface area contributed by atoms with Gasteiger partial charge in [0.1, 0.15) is 0 Å². The van der Waals surface area contributed by atoms with E-state index in [-0.39, 0.29) is 5.91 Å². The molecule has 3 nitrogen and oxygen atoms in total. The molecule has 2 aliphatic carbocycles. The molecule has 1 aromatic rings. The first-order valence-corrected chi connectivity index (χ1v) is 9.63. The second kappa shape index (κ2) is 5.84. The van der Waals surface area contributed by atoms with Crippen LogP contribution < -0.4 is 0 Å². The number of hydrogen-bond donors (Lipinski definition) is 0. The van der Waals surface area contributed by atoms with Gasteiger partial charge in [0.05, 0.1) is 5.75 Å². The summed E-state index contributed by atoms with van der Waals surface area (Å²) in [5.74, 6) is 0.733. The van der Waals surface area contributed by atoms with Crippen LogP contribution in [0.5, 0.6) is 0 Å². The summed E-state index contributed by atoms with van der Waals surface area (Å²) in [6, 6.07) is 0.452. The van der Waals surface area contributed by atoms with E-state index in [0.717, 1.165) is 25.8 Å². The number of nitrogens with zero attached hydrogens (tertiary/aromatic N) is 2. The molecule has 120 valence electrons. The quantitative estimate of drug-likeness (QED) is 0.835. The van der Waals surface area contributed by atoms with E-state index in [4.69, 9.17) is 0 Å². The van der Waals surface area contributed by atoms with Crippen LogP contribution in [-0.4, -0.2) is 47.0 Å². The van der Waals surface area contributed by atoms with Gasteiger partial charge in [-0.2, -0.15) is 11.8 Å². The topological polar surface area (TPSA) is 25.2 Å². The second-order valence-corrected chi connectivity index (χ2v) is 7.40. The highest BCUT2D eigenvalue weighted by atomic mass is 32.2. The lowest BCUT2D eigenvalue weighted by atomic mass is 9.79. The van der Waals surface area contributed by atoms with Crippen LogP contribution in [-0.2, 0) is 12.8 Å². The number of likely N-dealkylation sites (N-methyl/N-ethyl adjacent to an activating group) is 1. The Morgan fingerprint density at radius 2 is 2.30 bits per heavy atom. The summed E-state index contributed by atoms with van der Waals surface area (Å²) in [6.07, 6.45) is 16.0. The van der Waals surface area contributed by atoms with E-state index in [2.05, 4.69) is 42.4 Å². The van der Waals surface area contributed by atoms with Gasteiger partial charge in [-0.3, -0.25) is 14.3 Å². The maximum atomic E-state index is 12.5. The van der Waals surface area contributed by atoms with Gasteiger partial charge >= 0.3 is 0 Å². The van der Waals surface area contributed by atoms with Crippen molar-refractivity contribution < 1.29 is 4.79 Å². The van der Waals surface area contributed by atoms with E-state index < -0.39 is 0 Å². The Bertz CT molecular complexity index is 754. The average molecular weight is 326 g/mol. The third kappa shape index (κ3) is 2.36. The van der Waals surface area contributed by atoms with Crippen LogP contribution in [0.15, 0.2) is 36.1 Å². The SMILES string of the molecule is CSCC(=O)n1cc2c3c1CC=CC=C3C1=CCCN(C)[C@@H]1C2. The number of allylic oxidation sites excluding steroid dienone is 3. The Kier molecular flexibility index (Phi) is 3.82. The van der Waals surface area contributed by atoms with E-state index in [1.165, 1.54) is 28.0 Å². The molecule has 0 saturated carbocycles. The molecule has 1 aliphatic heterocycles. The molecule has 0 aromatic carbocycles. The van der Waals surface area contributed by atoms with Crippen LogP contribution in [0.25, 0.3) is 5.57 Å². The largest absolute Gasteiger partial charge is 0.299 e. The van der Waals surface area contributed by atoms with Crippen molar-refractivity contribution in [3.8, 4) is 0 Å². The lowest BCUT2D eigenvalue weighted by Crippen LogP contribution is -2.40. The highest BCUT2D eigenvalue weighted by molar-refractivity contribution is 7.99. The van der Waals surface area contributed by atoms with Gasteiger partial charge in [-0.1, -0.05) is 24.3 Å². The predicted molar refractivity (Wildman–Crippen MR) is 97.1 cm³/mol.